The molecular formula is C12H16N4O. The predicted molar refractivity (Wildman–Crippen MR) is 64.0 cm³/mol. The Morgan fingerprint density at radius 3 is 2.82 bits per heavy atom. The van der Waals surface area contributed by atoms with Gasteiger partial charge in [-0.2, -0.15) is 4.98 Å². The SMILES string of the molecule is CCCC[C@H](N)c1nc(-c2ccncc2)no1. The number of hydrogen-bond donors (Lipinski definition) is 1. The Bertz CT molecular complexity index is 455. The molecule has 90 valence electrons. The van der Waals surface area contributed by atoms with Crippen LogP contribution in [0.4, 0.5) is 0 Å². The lowest BCUT2D eigenvalue weighted by Crippen LogP contribution is -2.10. The highest BCUT2D eigenvalue weighted by Crippen LogP contribution is 2.19. The second-order valence-electron chi connectivity index (χ2n) is 3.94. The van der Waals surface area contributed by atoms with Gasteiger partial charge in [0.15, 0.2) is 0 Å². The summed E-state index contributed by atoms with van der Waals surface area (Å²) in [6.45, 7) is 2.13. The Kier molecular flexibility index (Phi) is 3.82. The van der Waals surface area contributed by atoms with Crippen molar-refractivity contribution in [1.82, 2.24) is 15.1 Å². The lowest BCUT2D eigenvalue weighted by Gasteiger charge is -2.03. The van der Waals surface area contributed by atoms with Gasteiger partial charge in [-0.15, -0.1) is 0 Å². The van der Waals surface area contributed by atoms with Crippen molar-refractivity contribution in [2.45, 2.75) is 32.2 Å². The Labute approximate surface area is 100 Å². The fraction of sp³-hybridized carbons (Fsp3) is 0.417. The van der Waals surface area contributed by atoms with Gasteiger partial charge in [0.1, 0.15) is 0 Å². The van der Waals surface area contributed by atoms with E-state index in [-0.39, 0.29) is 6.04 Å². The maximum absolute atomic E-state index is 5.96. The fourth-order valence-electron chi connectivity index (χ4n) is 1.55. The maximum atomic E-state index is 5.96. The fourth-order valence-corrected chi connectivity index (χ4v) is 1.55. The molecule has 5 heteroatoms. The standard InChI is InChI=1S/C12H16N4O/c1-2-3-4-10(13)12-15-11(16-17-12)9-5-7-14-8-6-9/h5-8,10H,2-4,13H2,1H3/t10-/m0/s1. The van der Waals surface area contributed by atoms with E-state index >= 15 is 0 Å². The first-order valence-corrected chi connectivity index (χ1v) is 5.81. The number of aromatic nitrogens is 3. The summed E-state index contributed by atoms with van der Waals surface area (Å²) in [5.41, 5.74) is 6.85. The molecule has 0 unspecified atom stereocenters. The molecule has 1 atom stereocenters. The van der Waals surface area contributed by atoms with E-state index in [2.05, 4.69) is 22.0 Å². The van der Waals surface area contributed by atoms with Crippen LogP contribution in [0.2, 0.25) is 0 Å². The second kappa shape index (κ2) is 5.54. The zero-order valence-corrected chi connectivity index (χ0v) is 9.84. The first-order chi connectivity index (χ1) is 8.31. The molecule has 0 amide bonds. The molecule has 2 N–H and O–H groups in total. The van der Waals surface area contributed by atoms with Crippen molar-refractivity contribution in [3.05, 3.63) is 30.4 Å². The third kappa shape index (κ3) is 2.88. The van der Waals surface area contributed by atoms with Crippen molar-refractivity contribution in [3.63, 3.8) is 0 Å². The van der Waals surface area contributed by atoms with E-state index in [1.54, 1.807) is 12.4 Å². The molecule has 2 rings (SSSR count). The maximum Gasteiger partial charge on any atom is 0.243 e. The molecule has 0 saturated carbocycles. The van der Waals surface area contributed by atoms with Crippen LogP contribution in [-0.2, 0) is 0 Å². The Morgan fingerprint density at radius 2 is 2.12 bits per heavy atom. The average molecular weight is 232 g/mol. The molecule has 0 saturated heterocycles. The minimum absolute atomic E-state index is 0.168. The van der Waals surface area contributed by atoms with Crippen molar-refractivity contribution < 1.29 is 4.52 Å². The molecule has 2 aromatic heterocycles. The molecule has 0 fully saturated rings. The number of pyridine rings is 1. The van der Waals surface area contributed by atoms with Crippen LogP contribution < -0.4 is 5.73 Å². The van der Waals surface area contributed by atoms with Crippen molar-refractivity contribution in [3.8, 4) is 11.4 Å². The first-order valence-electron chi connectivity index (χ1n) is 5.81. The summed E-state index contributed by atoms with van der Waals surface area (Å²) in [5.74, 6) is 1.07. The zero-order chi connectivity index (χ0) is 12.1. The predicted octanol–water partition coefficient (Wildman–Crippen LogP) is 2.32. The third-order valence-corrected chi connectivity index (χ3v) is 2.57. The van der Waals surface area contributed by atoms with Crippen LogP contribution in [0, 0.1) is 0 Å². The van der Waals surface area contributed by atoms with Crippen molar-refractivity contribution in [1.29, 1.82) is 0 Å². The molecule has 0 aliphatic carbocycles. The van der Waals surface area contributed by atoms with E-state index in [1.807, 2.05) is 12.1 Å². The van der Waals surface area contributed by atoms with Gasteiger partial charge in [0.25, 0.3) is 0 Å². The largest absolute Gasteiger partial charge is 0.337 e. The van der Waals surface area contributed by atoms with Crippen LogP contribution in [0.15, 0.2) is 29.0 Å². The van der Waals surface area contributed by atoms with E-state index in [0.29, 0.717) is 11.7 Å². The van der Waals surface area contributed by atoms with Gasteiger partial charge in [-0.1, -0.05) is 24.9 Å². The van der Waals surface area contributed by atoms with E-state index in [1.165, 1.54) is 0 Å². The van der Waals surface area contributed by atoms with Crippen LogP contribution in [0.5, 0.6) is 0 Å². The number of nitrogens with two attached hydrogens (primary N) is 1. The molecule has 0 aliphatic heterocycles. The summed E-state index contributed by atoms with van der Waals surface area (Å²) < 4.78 is 5.17. The molecule has 0 bridgehead atoms. The summed E-state index contributed by atoms with van der Waals surface area (Å²) in [4.78, 5) is 8.25. The molecule has 17 heavy (non-hydrogen) atoms. The first kappa shape index (κ1) is 11.7. The average Bonchev–Trinajstić information content (AvgIpc) is 2.86. The third-order valence-electron chi connectivity index (χ3n) is 2.57. The lowest BCUT2D eigenvalue weighted by molar-refractivity contribution is 0.346. The Balaban J connectivity index is 2.11. The van der Waals surface area contributed by atoms with E-state index in [9.17, 15) is 0 Å². The van der Waals surface area contributed by atoms with Crippen LogP contribution >= 0.6 is 0 Å². The molecule has 5 nitrogen and oxygen atoms in total. The number of nitrogens with zero attached hydrogens (tertiary/aromatic N) is 3. The van der Waals surface area contributed by atoms with Gasteiger partial charge < -0.3 is 10.3 Å². The van der Waals surface area contributed by atoms with Gasteiger partial charge in [0.2, 0.25) is 11.7 Å². The van der Waals surface area contributed by atoms with Gasteiger partial charge >= 0.3 is 0 Å². The van der Waals surface area contributed by atoms with Crippen LogP contribution in [0.1, 0.15) is 38.1 Å². The lowest BCUT2D eigenvalue weighted by atomic mass is 10.1. The number of unbranched alkanes of at least 4 members (excludes halogenated alkanes) is 1. The smallest absolute Gasteiger partial charge is 0.243 e. The molecule has 0 spiro atoms. The molecular weight excluding hydrogens is 216 g/mol. The summed E-state index contributed by atoms with van der Waals surface area (Å²) in [7, 11) is 0. The van der Waals surface area contributed by atoms with Crippen molar-refractivity contribution in [2.24, 2.45) is 5.73 Å². The van der Waals surface area contributed by atoms with E-state index in [0.717, 1.165) is 24.8 Å². The summed E-state index contributed by atoms with van der Waals surface area (Å²) in [6.07, 6.45) is 6.44. The molecule has 0 aromatic carbocycles. The van der Waals surface area contributed by atoms with E-state index in [4.69, 9.17) is 10.3 Å². The van der Waals surface area contributed by atoms with Crippen LogP contribution in [0.25, 0.3) is 11.4 Å². The summed E-state index contributed by atoms with van der Waals surface area (Å²) >= 11 is 0. The monoisotopic (exact) mass is 232 g/mol. The van der Waals surface area contributed by atoms with Gasteiger partial charge in [0, 0.05) is 18.0 Å². The number of hydrogen-bond acceptors (Lipinski definition) is 5. The van der Waals surface area contributed by atoms with Crippen molar-refractivity contribution >= 4 is 0 Å². The molecule has 2 aromatic rings. The van der Waals surface area contributed by atoms with Crippen molar-refractivity contribution in [2.75, 3.05) is 0 Å². The molecule has 0 aliphatic rings. The highest BCUT2D eigenvalue weighted by atomic mass is 16.5. The van der Waals surface area contributed by atoms with E-state index < -0.39 is 0 Å². The van der Waals surface area contributed by atoms with Crippen LogP contribution in [-0.4, -0.2) is 15.1 Å². The van der Waals surface area contributed by atoms with Crippen LogP contribution in [0.3, 0.4) is 0 Å². The summed E-state index contributed by atoms with van der Waals surface area (Å²) in [6, 6.07) is 3.51. The summed E-state index contributed by atoms with van der Waals surface area (Å²) in [5, 5.41) is 3.92. The highest BCUT2D eigenvalue weighted by molar-refractivity contribution is 5.52. The molecule has 0 radical (unpaired) electrons. The van der Waals surface area contributed by atoms with Gasteiger partial charge in [-0.05, 0) is 18.6 Å². The number of rotatable bonds is 5. The second-order valence-corrected chi connectivity index (χ2v) is 3.94. The van der Waals surface area contributed by atoms with Gasteiger partial charge in [-0.3, -0.25) is 4.98 Å². The minimum Gasteiger partial charge on any atom is -0.337 e. The zero-order valence-electron chi connectivity index (χ0n) is 9.84. The normalized spacial score (nSPS) is 12.6. The molecule has 2 heterocycles. The highest BCUT2D eigenvalue weighted by Gasteiger charge is 2.14. The Morgan fingerprint density at radius 1 is 1.35 bits per heavy atom. The quantitative estimate of drug-likeness (QED) is 0.855. The topological polar surface area (TPSA) is 77.8 Å². The minimum atomic E-state index is -0.168. The Hall–Kier alpha value is -1.75. The van der Waals surface area contributed by atoms with Gasteiger partial charge in [0.05, 0.1) is 6.04 Å². The van der Waals surface area contributed by atoms with Gasteiger partial charge in [-0.25, -0.2) is 0 Å².